The number of aromatic nitrogens is 4. The van der Waals surface area contributed by atoms with E-state index in [2.05, 4.69) is 30.7 Å². The molecule has 0 aliphatic rings. The molecule has 0 spiro atoms. The van der Waals surface area contributed by atoms with Gasteiger partial charge >= 0.3 is 5.69 Å². The van der Waals surface area contributed by atoms with E-state index in [4.69, 9.17) is 0 Å². The van der Waals surface area contributed by atoms with Crippen LogP contribution in [0, 0.1) is 0 Å². The molecule has 0 aliphatic carbocycles. The summed E-state index contributed by atoms with van der Waals surface area (Å²) in [6.45, 7) is 10.1. The molecule has 0 saturated carbocycles. The number of fused-ring (bicyclic) bond motifs is 1. The van der Waals surface area contributed by atoms with Crippen LogP contribution in [0.1, 0.15) is 45.9 Å². The number of nitrogens with one attached hydrogen (secondary N) is 2. The van der Waals surface area contributed by atoms with Gasteiger partial charge in [-0.25, -0.2) is 9.78 Å². The van der Waals surface area contributed by atoms with Crippen LogP contribution in [0.2, 0.25) is 0 Å². The molecule has 0 saturated heterocycles. The third-order valence-electron chi connectivity index (χ3n) is 4.15. The molecule has 0 aromatic carbocycles. The van der Waals surface area contributed by atoms with E-state index in [1.807, 2.05) is 4.57 Å². The van der Waals surface area contributed by atoms with E-state index >= 15 is 0 Å². The number of hydrogen-bond acceptors (Lipinski definition) is 3. The van der Waals surface area contributed by atoms with Gasteiger partial charge in [0.1, 0.15) is 6.54 Å². The number of hydrogen-bond donors (Lipinski definition) is 2. The highest BCUT2D eigenvalue weighted by Crippen LogP contribution is 2.11. The largest absolute Gasteiger partial charge is 0.329 e. The molecule has 23 heavy (non-hydrogen) atoms. The van der Waals surface area contributed by atoms with Gasteiger partial charge in [0.25, 0.3) is 5.56 Å². The summed E-state index contributed by atoms with van der Waals surface area (Å²) in [6.07, 6.45) is 3.14. The molecule has 2 heterocycles. The van der Waals surface area contributed by atoms with Crippen LogP contribution in [0.15, 0.2) is 9.59 Å². The number of quaternary nitrogens is 1. The van der Waals surface area contributed by atoms with Gasteiger partial charge in [0.05, 0.1) is 13.1 Å². The molecular weight excluding hydrogens is 294 g/mol. The number of aromatic amines is 1. The number of rotatable bonds is 8. The van der Waals surface area contributed by atoms with Crippen molar-refractivity contribution in [3.05, 3.63) is 26.7 Å². The summed E-state index contributed by atoms with van der Waals surface area (Å²) >= 11 is 0. The zero-order valence-corrected chi connectivity index (χ0v) is 14.6. The predicted octanol–water partition coefficient (Wildman–Crippen LogP) is 0.0382. The van der Waals surface area contributed by atoms with E-state index in [9.17, 15) is 9.59 Å². The van der Waals surface area contributed by atoms with Gasteiger partial charge < -0.3 is 9.47 Å². The molecule has 0 aliphatic heterocycles. The van der Waals surface area contributed by atoms with Crippen LogP contribution in [-0.2, 0) is 20.1 Å². The van der Waals surface area contributed by atoms with Gasteiger partial charge in [-0.3, -0.25) is 14.3 Å². The molecule has 0 amide bonds. The number of imidazole rings is 1. The van der Waals surface area contributed by atoms with Crippen LogP contribution in [0.5, 0.6) is 0 Å². The van der Waals surface area contributed by atoms with E-state index in [1.165, 1.54) is 9.47 Å². The molecule has 0 atom stereocenters. The average molecular weight is 322 g/mol. The van der Waals surface area contributed by atoms with E-state index in [0.29, 0.717) is 11.2 Å². The Bertz CT molecular complexity index is 765. The molecule has 0 radical (unpaired) electrons. The van der Waals surface area contributed by atoms with Gasteiger partial charge in [-0.1, -0.05) is 20.8 Å². The van der Waals surface area contributed by atoms with Crippen molar-refractivity contribution in [2.75, 3.05) is 13.1 Å². The molecule has 0 bridgehead atoms. The Morgan fingerprint density at radius 3 is 2.30 bits per heavy atom. The lowest BCUT2D eigenvalue weighted by Gasteiger charge is -2.18. The van der Waals surface area contributed by atoms with Gasteiger partial charge in [0, 0.05) is 13.6 Å². The summed E-state index contributed by atoms with van der Waals surface area (Å²) in [5, 5.41) is 0. The molecular formula is C16H28N5O2+. The molecule has 2 N–H and O–H groups in total. The highest BCUT2D eigenvalue weighted by molar-refractivity contribution is 5.70. The minimum atomic E-state index is -0.415. The average Bonchev–Trinajstić information content (AvgIpc) is 2.85. The first-order chi connectivity index (χ1) is 11.0. The molecule has 128 valence electrons. The van der Waals surface area contributed by atoms with Gasteiger partial charge in [-0.2, -0.15) is 0 Å². The first-order valence-electron chi connectivity index (χ1n) is 8.55. The Hall–Kier alpha value is -1.89. The summed E-state index contributed by atoms with van der Waals surface area (Å²) in [7, 11) is 1.65. The van der Waals surface area contributed by atoms with E-state index in [1.54, 1.807) is 7.05 Å². The van der Waals surface area contributed by atoms with Crippen LogP contribution in [0.3, 0.4) is 0 Å². The maximum atomic E-state index is 12.3. The Morgan fingerprint density at radius 2 is 1.74 bits per heavy atom. The summed E-state index contributed by atoms with van der Waals surface area (Å²) in [6, 6.07) is 0. The fourth-order valence-corrected chi connectivity index (χ4v) is 3.11. The highest BCUT2D eigenvalue weighted by Gasteiger charge is 2.20. The fourth-order valence-electron chi connectivity index (χ4n) is 3.11. The first-order valence-corrected chi connectivity index (χ1v) is 8.55. The molecule has 7 nitrogen and oxygen atoms in total. The smallest absolute Gasteiger partial charge is 0.329 e. The van der Waals surface area contributed by atoms with Crippen molar-refractivity contribution in [3.8, 4) is 0 Å². The second-order valence-corrected chi connectivity index (χ2v) is 6.10. The molecule has 7 heteroatoms. The maximum Gasteiger partial charge on any atom is 0.329 e. The molecule has 0 fully saturated rings. The van der Waals surface area contributed by atoms with Crippen molar-refractivity contribution in [1.29, 1.82) is 0 Å². The highest BCUT2D eigenvalue weighted by atomic mass is 16.2. The van der Waals surface area contributed by atoms with Crippen LogP contribution < -0.4 is 16.1 Å². The minimum absolute atomic E-state index is 0.345. The molecule has 0 unspecified atom stereocenters. The Balaban J connectivity index is 2.56. The Kier molecular flexibility index (Phi) is 5.76. The lowest BCUT2D eigenvalue weighted by Crippen LogP contribution is -3.10. The zero-order valence-electron chi connectivity index (χ0n) is 14.6. The normalized spacial score (nSPS) is 11.7. The number of H-pyrrole nitrogens is 1. The minimum Gasteiger partial charge on any atom is -0.329 e. The van der Waals surface area contributed by atoms with E-state index in [0.717, 1.165) is 51.3 Å². The van der Waals surface area contributed by atoms with Gasteiger partial charge in [0.2, 0.25) is 0 Å². The standard InChI is InChI=1S/C16H27N5O2/c1-5-8-20(9-6-2)11-12-17-14-13(21(12)10-7-3)15(22)18-16(23)19(14)4/h5-11H2,1-4H3,(H,18,22,23)/p+1. The summed E-state index contributed by atoms with van der Waals surface area (Å²) < 4.78 is 3.41. The van der Waals surface area contributed by atoms with Crippen molar-refractivity contribution in [3.63, 3.8) is 0 Å². The Morgan fingerprint density at radius 1 is 1.09 bits per heavy atom. The lowest BCUT2D eigenvalue weighted by molar-refractivity contribution is -0.914. The van der Waals surface area contributed by atoms with Gasteiger partial charge in [-0.15, -0.1) is 0 Å². The van der Waals surface area contributed by atoms with Crippen molar-refractivity contribution in [1.82, 2.24) is 19.1 Å². The first kappa shape index (κ1) is 17.5. The SMILES string of the molecule is CCCn1c(C[NH+](CCC)CCC)nc2c1c(=O)[nH]c(=O)n2C. The predicted molar refractivity (Wildman–Crippen MR) is 90.9 cm³/mol. The van der Waals surface area contributed by atoms with Crippen molar-refractivity contribution in [2.45, 2.75) is 53.1 Å². The third kappa shape index (κ3) is 3.55. The number of aryl methyl sites for hydroxylation is 2. The summed E-state index contributed by atoms with van der Waals surface area (Å²) in [5.74, 6) is 0.894. The van der Waals surface area contributed by atoms with Crippen LogP contribution >= 0.6 is 0 Å². The third-order valence-corrected chi connectivity index (χ3v) is 4.15. The van der Waals surface area contributed by atoms with E-state index in [-0.39, 0.29) is 5.56 Å². The van der Waals surface area contributed by atoms with Crippen molar-refractivity contribution in [2.24, 2.45) is 7.05 Å². The quantitative estimate of drug-likeness (QED) is 0.720. The van der Waals surface area contributed by atoms with Crippen LogP contribution in [-0.4, -0.2) is 32.2 Å². The maximum absolute atomic E-state index is 12.3. The zero-order chi connectivity index (χ0) is 17.0. The van der Waals surface area contributed by atoms with E-state index < -0.39 is 5.69 Å². The molecule has 2 aromatic rings. The van der Waals surface area contributed by atoms with Crippen LogP contribution in [0.25, 0.3) is 11.2 Å². The van der Waals surface area contributed by atoms with Gasteiger partial charge in [-0.05, 0) is 19.3 Å². The number of nitrogens with zero attached hydrogens (tertiary/aromatic N) is 3. The second kappa shape index (κ2) is 7.59. The fraction of sp³-hybridized carbons (Fsp3) is 0.688. The monoisotopic (exact) mass is 322 g/mol. The Labute approximate surface area is 135 Å². The van der Waals surface area contributed by atoms with Crippen LogP contribution in [0.4, 0.5) is 0 Å². The van der Waals surface area contributed by atoms with Crippen molar-refractivity contribution >= 4 is 11.2 Å². The second-order valence-electron chi connectivity index (χ2n) is 6.10. The molecule has 2 aromatic heterocycles. The lowest BCUT2D eigenvalue weighted by atomic mass is 10.3. The van der Waals surface area contributed by atoms with Crippen molar-refractivity contribution < 1.29 is 4.90 Å². The summed E-state index contributed by atoms with van der Waals surface area (Å²) in [5.41, 5.74) is 0.232. The van der Waals surface area contributed by atoms with Gasteiger partial charge in [0.15, 0.2) is 17.0 Å². The summed E-state index contributed by atoms with van der Waals surface area (Å²) in [4.78, 5) is 32.6. The topological polar surface area (TPSA) is 77.1 Å². The molecule has 2 rings (SSSR count).